The summed E-state index contributed by atoms with van der Waals surface area (Å²) in [4.78, 5) is 0. The molecule has 2 aromatic rings. The van der Waals surface area contributed by atoms with Crippen molar-refractivity contribution in [1.82, 2.24) is 9.78 Å². The van der Waals surface area contributed by atoms with Crippen LogP contribution in [-0.2, 0) is 6.54 Å². The number of halogens is 1. The Kier molecular flexibility index (Phi) is 3.48. The Labute approximate surface area is 116 Å². The fraction of sp³-hybridized carbons (Fsp3) is 0.357. The van der Waals surface area contributed by atoms with Crippen LogP contribution in [0.1, 0.15) is 27.9 Å². The van der Waals surface area contributed by atoms with Crippen molar-refractivity contribution >= 4 is 21.7 Å². The van der Waals surface area contributed by atoms with Crippen molar-refractivity contribution in [1.29, 1.82) is 0 Å². The summed E-state index contributed by atoms with van der Waals surface area (Å²) >= 11 is 3.45. The zero-order valence-electron chi connectivity index (χ0n) is 11.2. The second-order valence-electron chi connectivity index (χ2n) is 4.82. The minimum absolute atomic E-state index is 0.687. The first-order valence-corrected chi connectivity index (χ1v) is 6.74. The van der Waals surface area contributed by atoms with Gasteiger partial charge in [0.25, 0.3) is 0 Å². The van der Waals surface area contributed by atoms with Crippen LogP contribution in [0.5, 0.6) is 0 Å². The molecule has 0 aliphatic carbocycles. The number of aryl methyl sites for hydroxylation is 4. The number of aromatic nitrogens is 2. The lowest BCUT2D eigenvalue weighted by molar-refractivity contribution is 0.683. The van der Waals surface area contributed by atoms with Gasteiger partial charge in [-0.15, -0.1) is 0 Å². The summed E-state index contributed by atoms with van der Waals surface area (Å²) in [7, 11) is 0. The van der Waals surface area contributed by atoms with Crippen LogP contribution in [0.25, 0.3) is 0 Å². The van der Waals surface area contributed by atoms with Gasteiger partial charge >= 0.3 is 0 Å². The number of anilines is 1. The van der Waals surface area contributed by atoms with Crippen molar-refractivity contribution < 1.29 is 0 Å². The van der Waals surface area contributed by atoms with Crippen LogP contribution in [0, 0.1) is 27.7 Å². The molecule has 3 nitrogen and oxygen atoms in total. The van der Waals surface area contributed by atoms with E-state index >= 15 is 0 Å². The predicted molar refractivity (Wildman–Crippen MR) is 78.8 cm³/mol. The highest BCUT2D eigenvalue weighted by Crippen LogP contribution is 2.25. The highest BCUT2D eigenvalue weighted by molar-refractivity contribution is 9.10. The van der Waals surface area contributed by atoms with Crippen molar-refractivity contribution in [3.8, 4) is 0 Å². The van der Waals surface area contributed by atoms with Gasteiger partial charge in [-0.2, -0.15) is 5.10 Å². The largest absolute Gasteiger partial charge is 0.383 e. The van der Waals surface area contributed by atoms with Gasteiger partial charge in [0, 0.05) is 0 Å². The number of nitrogens with two attached hydrogens (primary N) is 1. The van der Waals surface area contributed by atoms with E-state index in [4.69, 9.17) is 5.73 Å². The number of nitrogen functional groups attached to an aromatic ring is 1. The molecule has 0 unspecified atom stereocenters. The van der Waals surface area contributed by atoms with Gasteiger partial charge in [-0.05, 0) is 60.3 Å². The van der Waals surface area contributed by atoms with Crippen LogP contribution in [0.4, 0.5) is 5.82 Å². The molecule has 96 valence electrons. The molecule has 0 bridgehead atoms. The lowest BCUT2D eigenvalue weighted by Crippen LogP contribution is -2.08. The van der Waals surface area contributed by atoms with E-state index < -0.39 is 0 Å². The Morgan fingerprint density at radius 2 is 1.72 bits per heavy atom. The molecule has 0 amide bonds. The van der Waals surface area contributed by atoms with Crippen molar-refractivity contribution in [2.75, 3.05) is 5.73 Å². The number of hydrogen-bond acceptors (Lipinski definition) is 2. The van der Waals surface area contributed by atoms with Gasteiger partial charge in [0.2, 0.25) is 0 Å². The van der Waals surface area contributed by atoms with Gasteiger partial charge < -0.3 is 5.73 Å². The van der Waals surface area contributed by atoms with Crippen LogP contribution >= 0.6 is 15.9 Å². The third-order valence-corrected chi connectivity index (χ3v) is 4.22. The Bertz CT molecular complexity index is 576. The maximum absolute atomic E-state index is 6.03. The lowest BCUT2D eigenvalue weighted by atomic mass is 10.00. The molecule has 0 aliphatic heterocycles. The highest BCUT2D eigenvalue weighted by atomic mass is 79.9. The molecule has 1 aromatic heterocycles. The van der Waals surface area contributed by atoms with E-state index in [-0.39, 0.29) is 0 Å². The standard InChI is InChI=1S/C14H18BrN3/c1-8-5-9(2)12(10(3)6-8)7-18-14(16)13(15)11(4)17-18/h5-6H,7,16H2,1-4H3. The molecular formula is C14H18BrN3. The van der Waals surface area contributed by atoms with Gasteiger partial charge in [-0.25, -0.2) is 4.68 Å². The summed E-state index contributed by atoms with van der Waals surface area (Å²) in [6.45, 7) is 9.06. The minimum atomic E-state index is 0.687. The Balaban J connectivity index is 2.43. The number of benzene rings is 1. The number of rotatable bonds is 2. The van der Waals surface area contributed by atoms with E-state index in [1.165, 1.54) is 22.3 Å². The van der Waals surface area contributed by atoms with Gasteiger partial charge in [-0.1, -0.05) is 17.7 Å². The first-order valence-electron chi connectivity index (χ1n) is 5.95. The van der Waals surface area contributed by atoms with E-state index in [2.05, 4.69) is 53.9 Å². The molecule has 0 atom stereocenters. The maximum Gasteiger partial charge on any atom is 0.136 e. The number of hydrogen-bond donors (Lipinski definition) is 1. The van der Waals surface area contributed by atoms with E-state index in [1.54, 1.807) is 0 Å². The quantitative estimate of drug-likeness (QED) is 0.922. The van der Waals surface area contributed by atoms with Crippen molar-refractivity contribution in [2.45, 2.75) is 34.2 Å². The summed E-state index contributed by atoms with van der Waals surface area (Å²) < 4.78 is 2.74. The average molecular weight is 308 g/mol. The van der Waals surface area contributed by atoms with E-state index in [0.717, 1.165) is 16.7 Å². The third kappa shape index (κ3) is 2.29. The topological polar surface area (TPSA) is 43.8 Å². The predicted octanol–water partition coefficient (Wildman–Crippen LogP) is 3.51. The van der Waals surface area contributed by atoms with Gasteiger partial charge in [-0.3, -0.25) is 0 Å². The van der Waals surface area contributed by atoms with Crippen LogP contribution in [-0.4, -0.2) is 9.78 Å². The third-order valence-electron chi connectivity index (χ3n) is 3.24. The lowest BCUT2D eigenvalue weighted by Gasteiger charge is -2.12. The molecule has 0 fully saturated rings. The van der Waals surface area contributed by atoms with Crippen LogP contribution < -0.4 is 5.73 Å². The molecule has 18 heavy (non-hydrogen) atoms. The Morgan fingerprint density at radius 1 is 1.17 bits per heavy atom. The molecule has 4 heteroatoms. The van der Waals surface area contributed by atoms with Gasteiger partial charge in [0.1, 0.15) is 5.82 Å². The second kappa shape index (κ2) is 4.76. The molecule has 1 heterocycles. The zero-order chi connectivity index (χ0) is 13.4. The Hall–Kier alpha value is -1.29. The first kappa shape index (κ1) is 13.1. The van der Waals surface area contributed by atoms with Crippen molar-refractivity contribution in [3.05, 3.63) is 44.6 Å². The minimum Gasteiger partial charge on any atom is -0.383 e. The monoisotopic (exact) mass is 307 g/mol. The molecule has 2 N–H and O–H groups in total. The molecule has 2 rings (SSSR count). The average Bonchev–Trinajstić information content (AvgIpc) is 2.51. The van der Waals surface area contributed by atoms with Crippen molar-refractivity contribution in [3.63, 3.8) is 0 Å². The molecule has 0 saturated carbocycles. The molecule has 1 aromatic carbocycles. The van der Waals surface area contributed by atoms with E-state index in [1.807, 2.05) is 11.6 Å². The normalized spacial score (nSPS) is 10.9. The van der Waals surface area contributed by atoms with Crippen LogP contribution in [0.3, 0.4) is 0 Å². The summed E-state index contributed by atoms with van der Waals surface area (Å²) in [5, 5.41) is 4.45. The fourth-order valence-corrected chi connectivity index (χ4v) is 2.59. The second-order valence-corrected chi connectivity index (χ2v) is 5.61. The van der Waals surface area contributed by atoms with E-state index in [9.17, 15) is 0 Å². The van der Waals surface area contributed by atoms with Crippen LogP contribution in [0.2, 0.25) is 0 Å². The highest BCUT2D eigenvalue weighted by Gasteiger charge is 2.12. The van der Waals surface area contributed by atoms with Crippen molar-refractivity contribution in [2.24, 2.45) is 0 Å². The Morgan fingerprint density at radius 3 is 2.17 bits per heavy atom. The summed E-state index contributed by atoms with van der Waals surface area (Å²) in [5.41, 5.74) is 12.1. The summed E-state index contributed by atoms with van der Waals surface area (Å²) in [6.07, 6.45) is 0. The molecule has 0 radical (unpaired) electrons. The van der Waals surface area contributed by atoms with E-state index in [0.29, 0.717) is 5.82 Å². The molecule has 0 spiro atoms. The molecule has 0 aliphatic rings. The SMILES string of the molecule is Cc1cc(C)c(Cn2nc(C)c(Br)c2N)c(C)c1. The van der Waals surface area contributed by atoms with Gasteiger partial charge in [0.05, 0.1) is 16.7 Å². The molecule has 0 saturated heterocycles. The molecular weight excluding hydrogens is 290 g/mol. The van der Waals surface area contributed by atoms with Crippen LogP contribution in [0.15, 0.2) is 16.6 Å². The first-order chi connectivity index (χ1) is 8.40. The fourth-order valence-electron chi connectivity index (χ4n) is 2.31. The zero-order valence-corrected chi connectivity index (χ0v) is 12.8. The summed E-state index contributed by atoms with van der Waals surface area (Å²) in [5.74, 6) is 0.687. The maximum atomic E-state index is 6.03. The number of nitrogens with zero attached hydrogens (tertiary/aromatic N) is 2. The smallest absolute Gasteiger partial charge is 0.136 e. The summed E-state index contributed by atoms with van der Waals surface area (Å²) in [6, 6.07) is 4.40. The van der Waals surface area contributed by atoms with Gasteiger partial charge in [0.15, 0.2) is 0 Å².